The van der Waals surface area contributed by atoms with Crippen molar-refractivity contribution in [1.29, 1.82) is 0 Å². The number of amides is 2. The molecule has 0 aliphatic rings. The number of nitrogens with zero attached hydrogens (tertiary/aromatic N) is 2. The average Bonchev–Trinajstić information content (AvgIpc) is 3.38. The van der Waals surface area contributed by atoms with Gasteiger partial charge in [-0.25, -0.2) is 4.98 Å². The van der Waals surface area contributed by atoms with Crippen LogP contribution in [0.15, 0.2) is 67.0 Å². The van der Waals surface area contributed by atoms with Crippen LogP contribution in [0, 0.1) is 6.92 Å². The second-order valence-corrected chi connectivity index (χ2v) is 8.74. The molecule has 7 nitrogen and oxygen atoms in total. The number of imidazole rings is 1. The molecule has 0 spiro atoms. The maximum atomic E-state index is 12.8. The van der Waals surface area contributed by atoms with E-state index >= 15 is 0 Å². The van der Waals surface area contributed by atoms with E-state index in [1.165, 1.54) is 11.3 Å². The molecule has 0 bridgehead atoms. The molecule has 33 heavy (non-hydrogen) atoms. The van der Waals surface area contributed by atoms with Gasteiger partial charge in [-0.2, -0.15) is 0 Å². The standard InChI is InChI=1S/C24H21ClN4O3S/c1-15-13-21(28-23(30)18-5-3-4-6-19(18)25)33-22(15)24(31)27-16-7-9-17(10-8-16)32-14-20-26-11-12-29(20)2/h3-13H,14H2,1-2H3,(H,27,31)(H,28,30). The minimum atomic E-state index is -0.324. The van der Waals surface area contributed by atoms with Crippen LogP contribution in [0.2, 0.25) is 5.02 Å². The van der Waals surface area contributed by atoms with Crippen LogP contribution < -0.4 is 15.4 Å². The molecule has 0 radical (unpaired) electrons. The van der Waals surface area contributed by atoms with Gasteiger partial charge in [-0.3, -0.25) is 9.59 Å². The van der Waals surface area contributed by atoms with Gasteiger partial charge in [-0.05, 0) is 55.0 Å². The predicted octanol–water partition coefficient (Wildman–Crippen LogP) is 5.53. The van der Waals surface area contributed by atoms with Gasteiger partial charge < -0.3 is 19.9 Å². The molecule has 168 valence electrons. The van der Waals surface area contributed by atoms with E-state index in [0.29, 0.717) is 38.5 Å². The maximum Gasteiger partial charge on any atom is 0.266 e. The molecule has 0 saturated heterocycles. The lowest BCUT2D eigenvalue weighted by molar-refractivity contribution is 0.102. The summed E-state index contributed by atoms with van der Waals surface area (Å²) < 4.78 is 7.63. The second kappa shape index (κ2) is 9.89. The van der Waals surface area contributed by atoms with Gasteiger partial charge in [0.05, 0.1) is 20.5 Å². The number of thiophene rings is 1. The van der Waals surface area contributed by atoms with Gasteiger partial charge in [0.25, 0.3) is 11.8 Å². The summed E-state index contributed by atoms with van der Waals surface area (Å²) in [6.45, 7) is 2.18. The lowest BCUT2D eigenvalue weighted by Gasteiger charge is -2.08. The van der Waals surface area contributed by atoms with E-state index in [9.17, 15) is 9.59 Å². The van der Waals surface area contributed by atoms with Gasteiger partial charge in [-0.1, -0.05) is 23.7 Å². The van der Waals surface area contributed by atoms with Crippen LogP contribution in [0.5, 0.6) is 5.75 Å². The van der Waals surface area contributed by atoms with E-state index in [1.807, 2.05) is 24.7 Å². The quantitative estimate of drug-likeness (QED) is 0.364. The zero-order valence-electron chi connectivity index (χ0n) is 18.0. The largest absolute Gasteiger partial charge is 0.486 e. The number of hydrogen-bond donors (Lipinski definition) is 2. The van der Waals surface area contributed by atoms with Gasteiger partial charge in [-0.15, -0.1) is 11.3 Å². The second-order valence-electron chi connectivity index (χ2n) is 7.28. The highest BCUT2D eigenvalue weighted by molar-refractivity contribution is 7.18. The Morgan fingerprint density at radius 1 is 1.09 bits per heavy atom. The molecule has 4 aromatic rings. The lowest BCUT2D eigenvalue weighted by Crippen LogP contribution is -2.12. The number of anilines is 2. The fourth-order valence-corrected chi connectivity index (χ4v) is 4.28. The van der Waals surface area contributed by atoms with Crippen LogP contribution in [0.25, 0.3) is 0 Å². The van der Waals surface area contributed by atoms with Crippen LogP contribution in [0.1, 0.15) is 31.4 Å². The SMILES string of the molecule is Cc1cc(NC(=O)c2ccccc2Cl)sc1C(=O)Nc1ccc(OCc2nccn2C)cc1. The Hall–Kier alpha value is -3.62. The number of rotatable bonds is 7. The molecule has 4 rings (SSSR count). The molecular formula is C24H21ClN4O3S. The number of halogens is 1. The fraction of sp³-hybridized carbons (Fsp3) is 0.125. The first-order chi connectivity index (χ1) is 15.9. The molecule has 0 aliphatic carbocycles. The third-order valence-corrected chi connectivity index (χ3v) is 6.36. The van der Waals surface area contributed by atoms with E-state index in [0.717, 1.165) is 11.4 Å². The minimum absolute atomic E-state index is 0.252. The Morgan fingerprint density at radius 3 is 2.55 bits per heavy atom. The summed E-state index contributed by atoms with van der Waals surface area (Å²) in [6, 6.07) is 15.7. The zero-order valence-corrected chi connectivity index (χ0v) is 19.5. The molecule has 0 fully saturated rings. The first-order valence-corrected chi connectivity index (χ1v) is 11.3. The summed E-state index contributed by atoms with van der Waals surface area (Å²) in [6.07, 6.45) is 3.58. The number of aromatic nitrogens is 2. The van der Waals surface area contributed by atoms with Crippen LogP contribution in [-0.4, -0.2) is 21.4 Å². The fourth-order valence-electron chi connectivity index (χ4n) is 3.10. The summed E-state index contributed by atoms with van der Waals surface area (Å²) >= 11 is 7.30. The maximum absolute atomic E-state index is 12.8. The summed E-state index contributed by atoms with van der Waals surface area (Å²) in [5.74, 6) is 0.915. The van der Waals surface area contributed by atoms with Gasteiger partial charge in [0.15, 0.2) is 0 Å². The Kier molecular flexibility index (Phi) is 6.76. The Bertz CT molecular complexity index is 1300. The summed E-state index contributed by atoms with van der Waals surface area (Å²) in [4.78, 5) is 30.0. The highest BCUT2D eigenvalue weighted by Gasteiger charge is 2.17. The first kappa shape index (κ1) is 22.6. The molecule has 0 saturated carbocycles. The molecular weight excluding hydrogens is 460 g/mol. The number of aryl methyl sites for hydroxylation is 2. The van der Waals surface area contributed by atoms with E-state index in [2.05, 4.69) is 15.6 Å². The van der Waals surface area contributed by atoms with Crippen LogP contribution in [0.3, 0.4) is 0 Å². The molecule has 2 aromatic heterocycles. The average molecular weight is 481 g/mol. The number of carbonyl (C=O) groups is 2. The van der Waals surface area contributed by atoms with Gasteiger partial charge >= 0.3 is 0 Å². The Labute approximate surface area is 200 Å². The summed E-state index contributed by atoms with van der Waals surface area (Å²) in [7, 11) is 1.91. The van der Waals surface area contributed by atoms with Gasteiger partial charge in [0.2, 0.25) is 0 Å². The molecule has 2 amide bonds. The highest BCUT2D eigenvalue weighted by Crippen LogP contribution is 2.29. The first-order valence-electron chi connectivity index (χ1n) is 10.1. The smallest absolute Gasteiger partial charge is 0.266 e. The number of nitrogens with one attached hydrogen (secondary N) is 2. The van der Waals surface area contributed by atoms with Crippen molar-refractivity contribution in [3.63, 3.8) is 0 Å². The van der Waals surface area contributed by atoms with Gasteiger partial charge in [0.1, 0.15) is 18.2 Å². The molecule has 2 heterocycles. The predicted molar refractivity (Wildman–Crippen MR) is 130 cm³/mol. The summed E-state index contributed by atoms with van der Waals surface area (Å²) in [5, 5.41) is 6.62. The van der Waals surface area contributed by atoms with Crippen LogP contribution >= 0.6 is 22.9 Å². The number of benzene rings is 2. The third-order valence-electron chi connectivity index (χ3n) is 4.88. The van der Waals surface area contributed by atoms with Crippen molar-refractivity contribution in [2.75, 3.05) is 10.6 Å². The highest BCUT2D eigenvalue weighted by atomic mass is 35.5. The number of hydrogen-bond acceptors (Lipinski definition) is 5. The molecule has 0 aliphatic heterocycles. The molecule has 0 unspecified atom stereocenters. The Morgan fingerprint density at radius 2 is 1.85 bits per heavy atom. The molecule has 9 heteroatoms. The van der Waals surface area contributed by atoms with Gasteiger partial charge in [0, 0.05) is 25.1 Å². The molecule has 2 N–H and O–H groups in total. The zero-order chi connectivity index (χ0) is 23.4. The monoisotopic (exact) mass is 480 g/mol. The molecule has 2 aromatic carbocycles. The lowest BCUT2D eigenvalue weighted by atomic mass is 10.2. The summed E-state index contributed by atoms with van der Waals surface area (Å²) in [5.41, 5.74) is 1.78. The van der Waals surface area contributed by atoms with Crippen molar-refractivity contribution in [2.24, 2.45) is 7.05 Å². The molecule has 0 atom stereocenters. The van der Waals surface area contributed by atoms with Crippen molar-refractivity contribution >= 4 is 45.4 Å². The van der Waals surface area contributed by atoms with Crippen LogP contribution in [0.4, 0.5) is 10.7 Å². The van der Waals surface area contributed by atoms with Crippen molar-refractivity contribution in [2.45, 2.75) is 13.5 Å². The Balaban J connectivity index is 1.37. The van der Waals surface area contributed by atoms with Crippen LogP contribution in [-0.2, 0) is 13.7 Å². The minimum Gasteiger partial charge on any atom is -0.486 e. The number of ether oxygens (including phenoxy) is 1. The van der Waals surface area contributed by atoms with E-state index < -0.39 is 0 Å². The third kappa shape index (κ3) is 5.42. The number of carbonyl (C=O) groups excluding carboxylic acids is 2. The van der Waals surface area contributed by atoms with E-state index in [1.54, 1.807) is 60.8 Å². The van der Waals surface area contributed by atoms with Crippen molar-refractivity contribution < 1.29 is 14.3 Å². The van der Waals surface area contributed by atoms with E-state index in [-0.39, 0.29) is 11.8 Å². The van der Waals surface area contributed by atoms with E-state index in [4.69, 9.17) is 16.3 Å². The van der Waals surface area contributed by atoms with Crippen molar-refractivity contribution in [3.05, 3.63) is 93.8 Å². The van der Waals surface area contributed by atoms with Crippen molar-refractivity contribution in [1.82, 2.24) is 9.55 Å². The normalized spacial score (nSPS) is 10.6. The topological polar surface area (TPSA) is 85.2 Å². The van der Waals surface area contributed by atoms with Crippen molar-refractivity contribution in [3.8, 4) is 5.75 Å².